The summed E-state index contributed by atoms with van der Waals surface area (Å²) in [6.07, 6.45) is 2.52. The van der Waals surface area contributed by atoms with Crippen molar-refractivity contribution in [2.45, 2.75) is 70.7 Å². The zero-order chi connectivity index (χ0) is 37.5. The molecule has 302 valence electrons. The van der Waals surface area contributed by atoms with Gasteiger partial charge in [0.1, 0.15) is 0 Å². The van der Waals surface area contributed by atoms with Gasteiger partial charge in [-0.1, -0.05) is 33.1 Å². The number of nitrogens with one attached hydrogen (secondary N) is 4. The van der Waals surface area contributed by atoms with Crippen molar-refractivity contribution in [2.75, 3.05) is 123 Å². The Bertz CT molecular complexity index is 935. The van der Waals surface area contributed by atoms with Crippen LogP contribution in [-0.4, -0.2) is 188 Å². The van der Waals surface area contributed by atoms with Gasteiger partial charge in [0, 0.05) is 91.8 Å². The number of hydrogen-bond acceptors (Lipinski definition) is 15. The van der Waals surface area contributed by atoms with Gasteiger partial charge in [0.25, 0.3) is 20.2 Å². The summed E-state index contributed by atoms with van der Waals surface area (Å²) >= 11 is 0. The lowest BCUT2D eigenvalue weighted by Crippen LogP contribution is -2.44. The third-order valence-electron chi connectivity index (χ3n) is 7.57. The van der Waals surface area contributed by atoms with E-state index < -0.39 is 50.1 Å². The van der Waals surface area contributed by atoms with Crippen LogP contribution < -0.4 is 21.3 Å². The largest absolute Gasteiger partial charge is 0.389 e. The van der Waals surface area contributed by atoms with Crippen LogP contribution in [0.1, 0.15) is 52.4 Å². The van der Waals surface area contributed by atoms with Gasteiger partial charge in [0.05, 0.1) is 49.6 Å². The molecule has 0 saturated carbocycles. The summed E-state index contributed by atoms with van der Waals surface area (Å²) in [5.41, 5.74) is 0. The molecule has 50 heavy (non-hydrogen) atoms. The summed E-state index contributed by atoms with van der Waals surface area (Å²) in [6.45, 7) is 11.9. The molecule has 0 aliphatic heterocycles. The minimum atomic E-state index is -4.07. The number of ether oxygens (including phenoxy) is 3. The SMILES string of the molecule is CCCCC(CC)COCC(O)CNCCNCCNCCNCCN(CC(O)COCCCS(=O)(=O)O)CC(O)COCCCS(=O)(=O)O. The van der Waals surface area contributed by atoms with E-state index in [1.165, 1.54) is 19.3 Å². The molecule has 0 aromatic carbocycles. The molecule has 0 rings (SSSR count). The lowest BCUT2D eigenvalue weighted by atomic mass is 10.0. The zero-order valence-electron chi connectivity index (χ0n) is 30.3. The first-order chi connectivity index (χ1) is 23.8. The second kappa shape index (κ2) is 31.9. The normalized spacial score (nSPS) is 15.0. The van der Waals surface area contributed by atoms with E-state index in [0.29, 0.717) is 45.3 Å². The maximum atomic E-state index is 10.8. The van der Waals surface area contributed by atoms with Crippen LogP contribution in [-0.2, 0) is 34.4 Å². The summed E-state index contributed by atoms with van der Waals surface area (Å²) in [4.78, 5) is 1.83. The van der Waals surface area contributed by atoms with Crippen molar-refractivity contribution in [1.29, 1.82) is 0 Å². The second-order valence-electron chi connectivity index (χ2n) is 12.6. The molecule has 0 heterocycles. The van der Waals surface area contributed by atoms with E-state index >= 15 is 0 Å². The summed E-state index contributed by atoms with van der Waals surface area (Å²) in [5, 5.41) is 44.2. The first kappa shape index (κ1) is 49.4. The molecule has 0 aromatic heterocycles. The van der Waals surface area contributed by atoms with Crippen molar-refractivity contribution in [3.63, 3.8) is 0 Å². The molecular weight excluding hydrogens is 698 g/mol. The fourth-order valence-electron chi connectivity index (χ4n) is 4.82. The Kier molecular flexibility index (Phi) is 31.5. The Balaban J connectivity index is 4.14. The van der Waals surface area contributed by atoms with Gasteiger partial charge >= 0.3 is 0 Å². The fraction of sp³-hybridized carbons (Fsp3) is 1.00. The number of aliphatic hydroxyl groups excluding tert-OH is 3. The van der Waals surface area contributed by atoms with Gasteiger partial charge in [-0.25, -0.2) is 0 Å². The second-order valence-corrected chi connectivity index (χ2v) is 15.7. The smallest absolute Gasteiger partial charge is 0.264 e. The topological polar surface area (TPSA) is 248 Å². The van der Waals surface area contributed by atoms with Crippen molar-refractivity contribution in [1.82, 2.24) is 26.2 Å². The van der Waals surface area contributed by atoms with Crippen molar-refractivity contribution < 1.29 is 55.5 Å². The molecule has 17 nitrogen and oxygen atoms in total. The molecule has 0 amide bonds. The Morgan fingerprint density at radius 3 is 1.52 bits per heavy atom. The minimum Gasteiger partial charge on any atom is -0.389 e. The standard InChI is InChI=1S/C31H69N5O12S2/c1-3-5-8-28(4-2)24-48-25-29(37)21-35-14-13-33-10-9-32-11-12-34-15-16-36(22-30(38)26-46-17-6-19-49(40,41)42)23-31(39)27-47-18-7-20-50(43,44)45/h28-35,37-39H,3-27H2,1-2H3,(H,40,41,42)(H,43,44,45). The van der Waals surface area contributed by atoms with Gasteiger partial charge < -0.3 is 50.8 Å². The van der Waals surface area contributed by atoms with Gasteiger partial charge in [0.2, 0.25) is 0 Å². The maximum absolute atomic E-state index is 10.8. The van der Waals surface area contributed by atoms with Gasteiger partial charge in [-0.05, 0) is 25.2 Å². The summed E-state index contributed by atoms with van der Waals surface area (Å²) in [7, 11) is -8.14. The molecule has 19 heteroatoms. The van der Waals surface area contributed by atoms with Crippen molar-refractivity contribution in [3.05, 3.63) is 0 Å². The monoisotopic (exact) mass is 767 g/mol. The highest BCUT2D eigenvalue weighted by molar-refractivity contribution is 7.86. The molecule has 0 aromatic rings. The van der Waals surface area contributed by atoms with Gasteiger partial charge in [-0.15, -0.1) is 0 Å². The lowest BCUT2D eigenvalue weighted by molar-refractivity contribution is -0.00946. The van der Waals surface area contributed by atoms with E-state index in [1.54, 1.807) is 0 Å². The number of rotatable bonds is 38. The minimum absolute atomic E-state index is 0.0523. The molecule has 0 aliphatic rings. The first-order valence-electron chi connectivity index (χ1n) is 18.0. The van der Waals surface area contributed by atoms with Crippen LogP contribution in [0.15, 0.2) is 0 Å². The summed E-state index contributed by atoms with van der Waals surface area (Å²) in [5.74, 6) is -0.294. The molecule has 0 aliphatic carbocycles. The van der Waals surface area contributed by atoms with E-state index in [9.17, 15) is 32.2 Å². The molecule has 0 saturated heterocycles. The molecular formula is C31H69N5O12S2. The predicted octanol–water partition coefficient (Wildman–Crippen LogP) is -1.45. The van der Waals surface area contributed by atoms with Crippen LogP contribution in [0.2, 0.25) is 0 Å². The van der Waals surface area contributed by atoms with Gasteiger partial charge in [0.15, 0.2) is 0 Å². The van der Waals surface area contributed by atoms with E-state index in [1.807, 2.05) is 4.90 Å². The highest BCUT2D eigenvalue weighted by Crippen LogP contribution is 2.12. The quantitative estimate of drug-likeness (QED) is 0.0258. The zero-order valence-corrected chi connectivity index (χ0v) is 32.0. The van der Waals surface area contributed by atoms with E-state index in [0.717, 1.165) is 39.1 Å². The number of aliphatic hydroxyl groups is 3. The van der Waals surface area contributed by atoms with E-state index in [-0.39, 0.29) is 52.4 Å². The van der Waals surface area contributed by atoms with Crippen LogP contribution in [0.5, 0.6) is 0 Å². The maximum Gasteiger partial charge on any atom is 0.264 e. The Morgan fingerprint density at radius 1 is 0.600 bits per heavy atom. The lowest BCUT2D eigenvalue weighted by Gasteiger charge is -2.27. The molecule has 0 spiro atoms. The Morgan fingerprint density at radius 2 is 1.06 bits per heavy atom. The Hall–Kier alpha value is -0.620. The predicted molar refractivity (Wildman–Crippen MR) is 194 cm³/mol. The van der Waals surface area contributed by atoms with E-state index in [2.05, 4.69) is 35.1 Å². The summed E-state index contributed by atoms with van der Waals surface area (Å²) in [6, 6.07) is 0. The van der Waals surface area contributed by atoms with Crippen LogP contribution >= 0.6 is 0 Å². The highest BCUT2D eigenvalue weighted by atomic mass is 32.2. The van der Waals surface area contributed by atoms with Crippen molar-refractivity contribution >= 4 is 20.2 Å². The van der Waals surface area contributed by atoms with Crippen molar-refractivity contribution in [2.24, 2.45) is 5.92 Å². The molecule has 0 radical (unpaired) electrons. The summed E-state index contributed by atoms with van der Waals surface area (Å²) < 4.78 is 77.2. The van der Waals surface area contributed by atoms with Crippen LogP contribution in [0.4, 0.5) is 0 Å². The first-order valence-corrected chi connectivity index (χ1v) is 21.2. The molecule has 4 atom stereocenters. The average molecular weight is 768 g/mol. The average Bonchev–Trinajstić information content (AvgIpc) is 3.03. The number of unbranched alkanes of at least 4 members (excludes halogenated alkanes) is 1. The number of hydrogen-bond donors (Lipinski definition) is 9. The molecule has 9 N–H and O–H groups in total. The van der Waals surface area contributed by atoms with Crippen molar-refractivity contribution in [3.8, 4) is 0 Å². The van der Waals surface area contributed by atoms with Gasteiger partial charge in [-0.3, -0.25) is 14.0 Å². The third kappa shape index (κ3) is 35.8. The van der Waals surface area contributed by atoms with Gasteiger partial charge in [-0.2, -0.15) is 16.8 Å². The molecule has 0 bridgehead atoms. The third-order valence-corrected chi connectivity index (χ3v) is 9.18. The van der Waals surface area contributed by atoms with E-state index in [4.69, 9.17) is 23.3 Å². The van der Waals surface area contributed by atoms with Crippen LogP contribution in [0, 0.1) is 5.92 Å². The highest BCUT2D eigenvalue weighted by Gasteiger charge is 2.17. The molecule has 0 fully saturated rings. The Labute approximate surface area is 301 Å². The number of nitrogens with zero attached hydrogens (tertiary/aromatic N) is 1. The van der Waals surface area contributed by atoms with Crippen LogP contribution in [0.25, 0.3) is 0 Å². The molecule has 4 unspecified atom stereocenters. The van der Waals surface area contributed by atoms with Crippen LogP contribution in [0.3, 0.4) is 0 Å². The fourth-order valence-corrected chi connectivity index (χ4v) is 5.79.